The summed E-state index contributed by atoms with van der Waals surface area (Å²) in [6.45, 7) is 1.01. The van der Waals surface area contributed by atoms with Crippen LogP contribution in [-0.2, 0) is 17.8 Å². The van der Waals surface area contributed by atoms with Crippen LogP contribution in [0.3, 0.4) is 0 Å². The maximum Gasteiger partial charge on any atom is 0.260 e. The molecule has 1 aliphatic heterocycles. The number of H-pyrrole nitrogens is 1. The minimum atomic E-state index is -0.247. The molecule has 134 valence electrons. The second-order valence-corrected chi connectivity index (χ2v) is 6.28. The number of fused-ring (bicyclic) bond motifs is 3. The lowest BCUT2D eigenvalue weighted by atomic mass is 10.0. The minimum absolute atomic E-state index is 0.0510. The summed E-state index contributed by atoms with van der Waals surface area (Å²) < 4.78 is 24.4. The molecule has 0 spiro atoms. The van der Waals surface area contributed by atoms with Crippen LogP contribution in [0, 0.1) is 5.82 Å². The zero-order valence-electron chi connectivity index (χ0n) is 14.4. The smallest absolute Gasteiger partial charge is 0.260 e. The average molecular weight is 354 g/mol. The molecule has 0 saturated carbocycles. The molecule has 2 aromatic carbocycles. The van der Waals surface area contributed by atoms with Crippen molar-refractivity contribution >= 4 is 16.8 Å². The number of hydrogen-bond donors (Lipinski definition) is 1. The summed E-state index contributed by atoms with van der Waals surface area (Å²) in [5.74, 6) is 0.801. The number of para-hydroxylation sites is 2. The van der Waals surface area contributed by atoms with Crippen molar-refractivity contribution in [1.29, 1.82) is 0 Å². The van der Waals surface area contributed by atoms with Crippen molar-refractivity contribution in [2.24, 2.45) is 0 Å². The van der Waals surface area contributed by atoms with Gasteiger partial charge in [0.2, 0.25) is 0 Å². The number of amides is 1. The fraction of sp³-hybridized carbons (Fsp3) is 0.250. The summed E-state index contributed by atoms with van der Waals surface area (Å²) in [7, 11) is 1.56. The van der Waals surface area contributed by atoms with Crippen molar-refractivity contribution in [2.45, 2.75) is 13.0 Å². The second-order valence-electron chi connectivity index (χ2n) is 6.28. The van der Waals surface area contributed by atoms with Gasteiger partial charge in [0.15, 0.2) is 18.1 Å². The van der Waals surface area contributed by atoms with E-state index in [1.54, 1.807) is 36.3 Å². The molecule has 0 unspecified atom stereocenters. The van der Waals surface area contributed by atoms with Crippen molar-refractivity contribution in [3.8, 4) is 11.5 Å². The Morgan fingerprint density at radius 1 is 1.23 bits per heavy atom. The molecule has 0 atom stereocenters. The first-order valence-corrected chi connectivity index (χ1v) is 8.48. The number of aromatic amines is 1. The summed E-state index contributed by atoms with van der Waals surface area (Å²) >= 11 is 0. The number of benzene rings is 2. The molecule has 0 bridgehead atoms. The molecule has 2 heterocycles. The van der Waals surface area contributed by atoms with Crippen molar-refractivity contribution in [1.82, 2.24) is 9.88 Å². The largest absolute Gasteiger partial charge is 0.493 e. The normalized spacial score (nSPS) is 13.5. The molecule has 1 amide bonds. The second kappa shape index (κ2) is 6.71. The van der Waals surface area contributed by atoms with Crippen molar-refractivity contribution in [2.75, 3.05) is 20.3 Å². The lowest BCUT2D eigenvalue weighted by Gasteiger charge is -2.27. The summed E-state index contributed by atoms with van der Waals surface area (Å²) in [5.41, 5.74) is 2.95. The SMILES string of the molecule is COc1ccccc1OCC(=O)N1CCc2c([nH]c3ccc(F)cc23)C1. The van der Waals surface area contributed by atoms with E-state index in [0.717, 1.165) is 22.2 Å². The first-order valence-electron chi connectivity index (χ1n) is 8.48. The lowest BCUT2D eigenvalue weighted by Crippen LogP contribution is -2.38. The number of nitrogens with zero attached hydrogens (tertiary/aromatic N) is 1. The average Bonchev–Trinajstić information content (AvgIpc) is 3.03. The van der Waals surface area contributed by atoms with Crippen LogP contribution in [0.4, 0.5) is 4.39 Å². The van der Waals surface area contributed by atoms with Gasteiger partial charge in [-0.25, -0.2) is 4.39 Å². The van der Waals surface area contributed by atoms with Crippen LogP contribution in [0.25, 0.3) is 10.9 Å². The van der Waals surface area contributed by atoms with Gasteiger partial charge in [-0.05, 0) is 42.3 Å². The van der Waals surface area contributed by atoms with Crippen LogP contribution in [0.15, 0.2) is 42.5 Å². The van der Waals surface area contributed by atoms with Gasteiger partial charge < -0.3 is 19.4 Å². The maximum atomic E-state index is 13.5. The molecule has 3 aromatic rings. The number of ether oxygens (including phenoxy) is 2. The Balaban J connectivity index is 1.46. The molecule has 0 radical (unpaired) electrons. The van der Waals surface area contributed by atoms with E-state index in [-0.39, 0.29) is 18.3 Å². The molecule has 1 N–H and O–H groups in total. The van der Waals surface area contributed by atoms with Gasteiger partial charge in [-0.15, -0.1) is 0 Å². The highest BCUT2D eigenvalue weighted by atomic mass is 19.1. The molecular formula is C20H19FN2O3. The summed E-state index contributed by atoms with van der Waals surface area (Å²) in [6.07, 6.45) is 0.694. The van der Waals surface area contributed by atoms with E-state index < -0.39 is 0 Å². The highest BCUT2D eigenvalue weighted by Crippen LogP contribution is 2.29. The third-order valence-electron chi connectivity index (χ3n) is 4.71. The molecule has 1 aliphatic rings. The fourth-order valence-corrected chi connectivity index (χ4v) is 3.39. The number of hydrogen-bond acceptors (Lipinski definition) is 3. The highest BCUT2D eigenvalue weighted by molar-refractivity contribution is 5.86. The summed E-state index contributed by atoms with van der Waals surface area (Å²) in [4.78, 5) is 17.6. The molecule has 4 rings (SSSR count). The molecule has 0 aliphatic carbocycles. The van der Waals surface area contributed by atoms with E-state index in [0.29, 0.717) is 31.0 Å². The van der Waals surface area contributed by atoms with Gasteiger partial charge in [0, 0.05) is 23.1 Å². The van der Waals surface area contributed by atoms with E-state index in [1.165, 1.54) is 6.07 Å². The molecule has 1 aromatic heterocycles. The Bertz CT molecular complexity index is 967. The van der Waals surface area contributed by atoms with E-state index in [1.807, 2.05) is 12.1 Å². The number of methoxy groups -OCH3 is 1. The third kappa shape index (κ3) is 2.98. The predicted octanol–water partition coefficient (Wildman–Crippen LogP) is 3.28. The number of aromatic nitrogens is 1. The van der Waals surface area contributed by atoms with Gasteiger partial charge in [0.1, 0.15) is 5.82 Å². The molecule has 0 saturated heterocycles. The van der Waals surface area contributed by atoms with E-state index in [4.69, 9.17) is 9.47 Å². The first-order chi connectivity index (χ1) is 12.7. The van der Waals surface area contributed by atoms with Crippen LogP contribution < -0.4 is 9.47 Å². The number of carbonyl (C=O) groups is 1. The van der Waals surface area contributed by atoms with Crippen molar-refractivity contribution in [3.05, 3.63) is 59.5 Å². The Labute approximate surface area is 150 Å². The number of nitrogens with one attached hydrogen (secondary N) is 1. The lowest BCUT2D eigenvalue weighted by molar-refractivity contribution is -0.134. The summed E-state index contributed by atoms with van der Waals surface area (Å²) in [5, 5.41) is 0.900. The first kappa shape index (κ1) is 16.4. The zero-order chi connectivity index (χ0) is 18.1. The quantitative estimate of drug-likeness (QED) is 0.782. The van der Waals surface area contributed by atoms with Crippen LogP contribution in [0.2, 0.25) is 0 Å². The number of halogens is 1. The molecule has 26 heavy (non-hydrogen) atoms. The minimum Gasteiger partial charge on any atom is -0.493 e. The van der Waals surface area contributed by atoms with E-state index in [9.17, 15) is 9.18 Å². The topological polar surface area (TPSA) is 54.6 Å². The maximum absolute atomic E-state index is 13.5. The van der Waals surface area contributed by atoms with Gasteiger partial charge in [-0.1, -0.05) is 12.1 Å². The van der Waals surface area contributed by atoms with Gasteiger partial charge >= 0.3 is 0 Å². The van der Waals surface area contributed by atoms with Gasteiger partial charge in [0.05, 0.1) is 13.7 Å². The van der Waals surface area contributed by atoms with E-state index in [2.05, 4.69) is 4.98 Å². The number of rotatable bonds is 4. The van der Waals surface area contributed by atoms with Crippen molar-refractivity contribution < 1.29 is 18.7 Å². The zero-order valence-corrected chi connectivity index (χ0v) is 14.4. The molecule has 6 heteroatoms. The fourth-order valence-electron chi connectivity index (χ4n) is 3.39. The standard InChI is InChI=1S/C20H19FN2O3/c1-25-18-4-2-3-5-19(18)26-12-20(24)23-9-8-14-15-10-13(21)6-7-16(15)22-17(14)11-23/h2-7,10,22H,8-9,11-12H2,1H3. The highest BCUT2D eigenvalue weighted by Gasteiger charge is 2.24. The predicted molar refractivity (Wildman–Crippen MR) is 95.9 cm³/mol. The van der Waals surface area contributed by atoms with Gasteiger partial charge in [0.25, 0.3) is 5.91 Å². The van der Waals surface area contributed by atoms with Crippen molar-refractivity contribution in [3.63, 3.8) is 0 Å². The monoisotopic (exact) mass is 354 g/mol. The molecular weight excluding hydrogens is 335 g/mol. The van der Waals surface area contributed by atoms with Crippen LogP contribution >= 0.6 is 0 Å². The van der Waals surface area contributed by atoms with Crippen LogP contribution in [0.5, 0.6) is 11.5 Å². The van der Waals surface area contributed by atoms with Crippen LogP contribution in [0.1, 0.15) is 11.3 Å². The number of carbonyl (C=O) groups excluding carboxylic acids is 1. The Morgan fingerprint density at radius 3 is 2.85 bits per heavy atom. The summed E-state index contributed by atoms with van der Waals surface area (Å²) in [6, 6.07) is 12.0. The Hall–Kier alpha value is -3.02. The Kier molecular flexibility index (Phi) is 4.24. The van der Waals surface area contributed by atoms with E-state index >= 15 is 0 Å². The Morgan fingerprint density at radius 2 is 2.04 bits per heavy atom. The van der Waals surface area contributed by atoms with Gasteiger partial charge in [-0.2, -0.15) is 0 Å². The van der Waals surface area contributed by atoms with Crippen LogP contribution in [-0.4, -0.2) is 36.1 Å². The molecule has 5 nitrogen and oxygen atoms in total. The molecule has 0 fully saturated rings. The van der Waals surface area contributed by atoms with Gasteiger partial charge in [-0.3, -0.25) is 4.79 Å². The third-order valence-corrected chi connectivity index (χ3v) is 4.71.